The fraction of sp³-hybridized carbons (Fsp3) is 0.174. The Hall–Kier alpha value is -3.21. The quantitative estimate of drug-likeness (QED) is 0.221. The molecule has 0 atom stereocenters. The summed E-state index contributed by atoms with van der Waals surface area (Å²) < 4.78 is 24.0. The Morgan fingerprint density at radius 3 is 1.86 bits per heavy atom. The van der Waals surface area contributed by atoms with Crippen LogP contribution in [0.25, 0.3) is 22.4 Å². The molecule has 2 aromatic carbocycles. The van der Waals surface area contributed by atoms with E-state index in [1.165, 1.54) is 6.26 Å². The van der Waals surface area contributed by atoms with Gasteiger partial charge in [-0.25, -0.2) is 8.42 Å². The molecule has 9 nitrogen and oxygen atoms in total. The second-order valence-electron chi connectivity index (χ2n) is 5.89. The molecular formula is C23H33ClN4O5S3. The molecule has 0 spiro atoms. The van der Waals surface area contributed by atoms with Gasteiger partial charge in [0.25, 0.3) is 10.3 Å². The fourth-order valence-corrected chi connectivity index (χ4v) is 3.35. The van der Waals surface area contributed by atoms with E-state index in [4.69, 9.17) is 21.8 Å². The number of benzene rings is 2. The van der Waals surface area contributed by atoms with E-state index >= 15 is 0 Å². The summed E-state index contributed by atoms with van der Waals surface area (Å²) in [6, 6.07) is 14.2. The predicted octanol–water partition coefficient (Wildman–Crippen LogP) is 4.46. The molecule has 0 fully saturated rings. The van der Waals surface area contributed by atoms with Crippen molar-refractivity contribution in [2.75, 3.05) is 6.26 Å². The number of hydrogen-bond donors (Lipinski definition) is 5. The first-order valence-electron chi connectivity index (χ1n) is 8.78. The van der Waals surface area contributed by atoms with Crippen LogP contribution in [0.2, 0.25) is 5.02 Å². The second-order valence-corrected chi connectivity index (χ2v) is 9.15. The smallest absolute Gasteiger partial charge is 0.251 e. The zero-order valence-corrected chi connectivity index (χ0v) is 21.4. The molecule has 0 amide bonds. The van der Waals surface area contributed by atoms with Crippen LogP contribution in [-0.4, -0.2) is 50.9 Å². The van der Waals surface area contributed by atoms with Crippen LogP contribution in [-0.2, 0) is 9.84 Å². The summed E-state index contributed by atoms with van der Waals surface area (Å²) in [5.41, 5.74) is 11.7. The molecule has 1 heterocycles. The maximum absolute atomic E-state index is 12.0. The Kier molecular flexibility index (Phi) is 22.2. The van der Waals surface area contributed by atoms with Crippen LogP contribution in [0.3, 0.4) is 0 Å². The van der Waals surface area contributed by atoms with Gasteiger partial charge in [-0.3, -0.25) is 5.10 Å². The van der Waals surface area contributed by atoms with Crippen molar-refractivity contribution >= 4 is 56.2 Å². The Labute approximate surface area is 228 Å². The highest BCUT2D eigenvalue weighted by atomic mass is 35.5. The molecule has 200 valence electrons. The van der Waals surface area contributed by atoms with Crippen LogP contribution in [0.4, 0.5) is 0 Å². The lowest BCUT2D eigenvalue weighted by molar-refractivity contribution is 0.559. The Balaban J connectivity index is -0.000000314. The third-order valence-electron chi connectivity index (χ3n) is 3.34. The van der Waals surface area contributed by atoms with Crippen molar-refractivity contribution in [3.63, 3.8) is 0 Å². The minimum atomic E-state index is -3.34. The number of halogens is 1. The van der Waals surface area contributed by atoms with Gasteiger partial charge < -0.3 is 27.2 Å². The molecule has 1 aromatic heterocycles. The number of sulfone groups is 1. The van der Waals surface area contributed by atoms with E-state index in [2.05, 4.69) is 58.4 Å². The van der Waals surface area contributed by atoms with Gasteiger partial charge in [0.15, 0.2) is 9.84 Å². The molecule has 3 aromatic rings. The van der Waals surface area contributed by atoms with Gasteiger partial charge in [-0.1, -0.05) is 56.8 Å². The summed E-state index contributed by atoms with van der Waals surface area (Å²) in [5.74, 6) is 2.25. The first-order chi connectivity index (χ1) is 15.3. The molecule has 3 rings (SSSR count). The topological polar surface area (TPSA) is 187 Å². The SMILES string of the molecule is C.C.C#CC.CS(=O)(=O)c1ccccc1-c1n[nH]cc1-c1ccc(Cl)cc1.NC(O)=S.NC(O)=S.O. The molecule has 36 heavy (non-hydrogen) atoms. The number of thiocarbonyl (C=S) groups is 2. The Bertz CT molecular complexity index is 1190. The maximum Gasteiger partial charge on any atom is 0.251 e. The molecule has 0 bridgehead atoms. The number of terminal acetylenes is 1. The monoisotopic (exact) mass is 576 g/mol. The molecule has 0 radical (unpaired) electrons. The molecule has 13 heteroatoms. The van der Waals surface area contributed by atoms with Crippen LogP contribution >= 0.6 is 36.0 Å². The number of H-pyrrole nitrogens is 1. The zero-order chi connectivity index (χ0) is 25.6. The second kappa shape index (κ2) is 20.0. The summed E-state index contributed by atoms with van der Waals surface area (Å²) in [4.78, 5) is 0.261. The van der Waals surface area contributed by atoms with Gasteiger partial charge in [0, 0.05) is 28.6 Å². The first kappa shape index (κ1) is 40.0. The van der Waals surface area contributed by atoms with Crippen LogP contribution in [0, 0.1) is 12.3 Å². The lowest BCUT2D eigenvalue weighted by Gasteiger charge is -2.08. The summed E-state index contributed by atoms with van der Waals surface area (Å²) in [6.45, 7) is 1.65. The average Bonchev–Trinajstić information content (AvgIpc) is 3.17. The number of rotatable bonds is 3. The lowest BCUT2D eigenvalue weighted by Crippen LogP contribution is -2.03. The molecule has 0 aliphatic rings. The summed E-state index contributed by atoms with van der Waals surface area (Å²) in [5, 5.41) is 21.8. The normalized spacial score (nSPS) is 8.61. The summed E-state index contributed by atoms with van der Waals surface area (Å²) in [7, 11) is -3.34. The number of aliphatic hydroxyl groups is 2. The van der Waals surface area contributed by atoms with Gasteiger partial charge in [-0.05, 0) is 55.1 Å². The Morgan fingerprint density at radius 2 is 1.44 bits per heavy atom. The highest BCUT2D eigenvalue weighted by Gasteiger charge is 2.18. The van der Waals surface area contributed by atoms with E-state index in [0.717, 1.165) is 11.1 Å². The van der Waals surface area contributed by atoms with Crippen molar-refractivity contribution < 1.29 is 24.1 Å². The molecule has 0 aliphatic carbocycles. The standard InChI is InChI=1S/C16H13ClN2O2S.C3H4.2CH3NOS.2CH4.H2O/c1-22(20,21)15-5-3-2-4-13(15)16-14(10-18-19-16)11-6-8-12(17)9-7-11;1-3-2;2*2-1(3)4;;;/h2-10H,1H3,(H,18,19);1H,2H3;2*(H3,2,3,4);2*1H4;1H2. The molecule has 0 saturated carbocycles. The predicted molar refractivity (Wildman–Crippen MR) is 158 cm³/mol. The van der Waals surface area contributed by atoms with Gasteiger partial charge >= 0.3 is 0 Å². The van der Waals surface area contributed by atoms with E-state index in [-0.39, 0.29) is 25.2 Å². The van der Waals surface area contributed by atoms with Gasteiger partial charge in [-0.15, -0.1) is 12.3 Å². The van der Waals surface area contributed by atoms with E-state index in [0.29, 0.717) is 16.3 Å². The molecular weight excluding hydrogens is 544 g/mol. The number of aromatic nitrogens is 2. The van der Waals surface area contributed by atoms with Gasteiger partial charge in [-0.2, -0.15) is 5.10 Å². The van der Waals surface area contributed by atoms with E-state index in [1.54, 1.807) is 49.5 Å². The average molecular weight is 577 g/mol. The van der Waals surface area contributed by atoms with Gasteiger partial charge in [0.2, 0.25) is 0 Å². The largest absolute Gasteiger partial charge is 0.487 e. The van der Waals surface area contributed by atoms with E-state index < -0.39 is 20.2 Å². The third kappa shape index (κ3) is 15.6. The number of aromatic amines is 1. The first-order valence-corrected chi connectivity index (χ1v) is 11.9. The van der Waals surface area contributed by atoms with Crippen LogP contribution in [0.5, 0.6) is 0 Å². The fourth-order valence-electron chi connectivity index (χ4n) is 2.33. The van der Waals surface area contributed by atoms with E-state index in [9.17, 15) is 8.42 Å². The molecule has 9 N–H and O–H groups in total. The Morgan fingerprint density at radius 1 is 1.03 bits per heavy atom. The number of hydrogen-bond acceptors (Lipinski definition) is 5. The van der Waals surface area contributed by atoms with Gasteiger partial charge in [0.1, 0.15) is 5.69 Å². The third-order valence-corrected chi connectivity index (χ3v) is 4.74. The highest BCUT2D eigenvalue weighted by Crippen LogP contribution is 2.34. The van der Waals surface area contributed by atoms with Crippen molar-refractivity contribution in [2.24, 2.45) is 11.5 Å². The van der Waals surface area contributed by atoms with Crippen molar-refractivity contribution in [3.05, 3.63) is 59.8 Å². The number of nitrogens with zero attached hydrogens (tertiary/aromatic N) is 1. The van der Waals surface area contributed by atoms with Crippen LogP contribution < -0.4 is 11.5 Å². The van der Waals surface area contributed by atoms with Crippen LogP contribution in [0.15, 0.2) is 59.6 Å². The highest BCUT2D eigenvalue weighted by molar-refractivity contribution is 7.90. The number of nitrogens with two attached hydrogens (primary N) is 2. The zero-order valence-electron chi connectivity index (χ0n) is 18.2. The van der Waals surface area contributed by atoms with Crippen molar-refractivity contribution in [3.8, 4) is 34.7 Å². The lowest BCUT2D eigenvalue weighted by atomic mass is 10.0. The van der Waals surface area contributed by atoms with Crippen LogP contribution in [0.1, 0.15) is 21.8 Å². The summed E-state index contributed by atoms with van der Waals surface area (Å²) in [6.07, 6.45) is 7.54. The van der Waals surface area contributed by atoms with Crippen molar-refractivity contribution in [1.82, 2.24) is 10.2 Å². The minimum Gasteiger partial charge on any atom is -0.487 e. The summed E-state index contributed by atoms with van der Waals surface area (Å²) >= 11 is 13.7. The minimum absolute atomic E-state index is 0. The number of nitrogens with one attached hydrogen (secondary N) is 1. The van der Waals surface area contributed by atoms with E-state index in [1.807, 2.05) is 12.1 Å². The molecule has 0 unspecified atom stereocenters. The molecule has 0 aliphatic heterocycles. The van der Waals surface area contributed by atoms with Crippen molar-refractivity contribution in [1.29, 1.82) is 0 Å². The maximum atomic E-state index is 12.0. The number of aliphatic hydroxyl groups excluding tert-OH is 2. The molecule has 0 saturated heterocycles. The van der Waals surface area contributed by atoms with Crippen molar-refractivity contribution in [2.45, 2.75) is 26.7 Å². The van der Waals surface area contributed by atoms with Gasteiger partial charge in [0.05, 0.1) is 4.90 Å².